The molecule has 12 heteroatoms. The highest BCUT2D eigenvalue weighted by Crippen LogP contribution is 2.30. The van der Waals surface area contributed by atoms with Crippen molar-refractivity contribution in [2.24, 2.45) is 7.05 Å². The highest BCUT2D eigenvalue weighted by Gasteiger charge is 2.33. The van der Waals surface area contributed by atoms with Gasteiger partial charge in [0.15, 0.2) is 5.69 Å². The predicted octanol–water partition coefficient (Wildman–Crippen LogP) is 2.92. The zero-order valence-corrected chi connectivity index (χ0v) is 16.3. The molecule has 0 aliphatic rings. The van der Waals surface area contributed by atoms with E-state index in [-0.39, 0.29) is 29.1 Å². The van der Waals surface area contributed by atoms with Gasteiger partial charge in [0, 0.05) is 25.5 Å². The molecule has 4 aromatic rings. The molecule has 0 aliphatic heterocycles. The summed E-state index contributed by atoms with van der Waals surface area (Å²) in [5, 5.41) is 11.8. The average molecular weight is 433 g/mol. The van der Waals surface area contributed by atoms with E-state index in [4.69, 9.17) is 5.73 Å². The van der Waals surface area contributed by atoms with Crippen LogP contribution in [0.2, 0.25) is 0 Å². The van der Waals surface area contributed by atoms with Gasteiger partial charge in [-0.2, -0.15) is 23.4 Å². The first kappa shape index (κ1) is 20.4. The Bertz CT molecular complexity index is 1320. The molecule has 31 heavy (non-hydrogen) atoms. The highest BCUT2D eigenvalue weighted by molar-refractivity contribution is 6.10. The first-order valence-corrected chi connectivity index (χ1v) is 8.92. The molecule has 0 saturated carbocycles. The molecule has 160 valence electrons. The fourth-order valence-electron chi connectivity index (χ4n) is 3.26. The monoisotopic (exact) mass is 433 g/mol. The minimum absolute atomic E-state index is 0.119. The zero-order valence-electron chi connectivity index (χ0n) is 16.3. The lowest BCUT2D eigenvalue weighted by Gasteiger charge is -2.18. The highest BCUT2D eigenvalue weighted by atomic mass is 19.4. The van der Waals surface area contributed by atoms with Crippen LogP contribution < -0.4 is 5.73 Å². The van der Waals surface area contributed by atoms with Gasteiger partial charge in [-0.3, -0.25) is 9.48 Å². The lowest BCUT2D eigenvalue weighted by Crippen LogP contribution is -2.27. The standard InChI is InChI=1S/C19H15F4N7O/c1-29(8-9-3-4-15(28-27-9)19(21,22)23)18(31)10-5-11-14(6-13(10)20)26-17(24)12-7-25-30(2)16(11)12/h3-7H,8H2,1-2H3,(H2,24,26). The van der Waals surface area contributed by atoms with Crippen molar-refractivity contribution in [3.05, 3.63) is 53.2 Å². The third-order valence-corrected chi connectivity index (χ3v) is 4.78. The van der Waals surface area contributed by atoms with E-state index in [1.807, 2.05) is 0 Å². The number of benzene rings is 1. The molecule has 0 fully saturated rings. The van der Waals surface area contributed by atoms with E-state index in [0.29, 0.717) is 16.3 Å². The van der Waals surface area contributed by atoms with Crippen LogP contribution >= 0.6 is 0 Å². The summed E-state index contributed by atoms with van der Waals surface area (Å²) in [5.74, 6) is -1.31. The molecule has 0 unspecified atom stereocenters. The summed E-state index contributed by atoms with van der Waals surface area (Å²) in [7, 11) is 3.06. The normalized spacial score (nSPS) is 11.9. The Morgan fingerprint density at radius 2 is 1.94 bits per heavy atom. The van der Waals surface area contributed by atoms with E-state index in [2.05, 4.69) is 20.3 Å². The van der Waals surface area contributed by atoms with Crippen LogP contribution in [0, 0.1) is 5.82 Å². The number of amides is 1. The van der Waals surface area contributed by atoms with E-state index < -0.39 is 23.6 Å². The van der Waals surface area contributed by atoms with Gasteiger partial charge < -0.3 is 10.6 Å². The fraction of sp³-hybridized carbons (Fsp3) is 0.211. The molecule has 1 amide bonds. The number of aromatic nitrogens is 5. The summed E-state index contributed by atoms with van der Waals surface area (Å²) in [6, 6.07) is 4.35. The van der Waals surface area contributed by atoms with Crippen LogP contribution in [-0.2, 0) is 19.8 Å². The van der Waals surface area contributed by atoms with Gasteiger partial charge in [-0.05, 0) is 18.2 Å². The van der Waals surface area contributed by atoms with E-state index in [1.54, 1.807) is 11.7 Å². The van der Waals surface area contributed by atoms with Crippen LogP contribution in [0.3, 0.4) is 0 Å². The molecule has 1 aromatic carbocycles. The van der Waals surface area contributed by atoms with Gasteiger partial charge in [0.1, 0.15) is 11.6 Å². The van der Waals surface area contributed by atoms with Gasteiger partial charge >= 0.3 is 6.18 Å². The number of carbonyl (C=O) groups is 1. The second-order valence-electron chi connectivity index (χ2n) is 6.95. The molecule has 3 heterocycles. The van der Waals surface area contributed by atoms with E-state index in [1.165, 1.54) is 19.3 Å². The largest absolute Gasteiger partial charge is 0.435 e. The summed E-state index contributed by atoms with van der Waals surface area (Å²) in [6.45, 7) is -0.164. The number of nitrogens with zero attached hydrogens (tertiary/aromatic N) is 6. The van der Waals surface area contributed by atoms with Crippen LogP contribution in [0.1, 0.15) is 21.7 Å². The molecule has 8 nitrogen and oxygen atoms in total. The quantitative estimate of drug-likeness (QED) is 0.499. The number of alkyl halides is 3. The molecule has 4 rings (SSSR count). The van der Waals surface area contributed by atoms with Crippen molar-refractivity contribution in [2.45, 2.75) is 12.7 Å². The number of fused-ring (bicyclic) bond motifs is 3. The number of nitrogen functional groups attached to an aromatic ring is 1. The van der Waals surface area contributed by atoms with Crippen molar-refractivity contribution in [2.75, 3.05) is 12.8 Å². The van der Waals surface area contributed by atoms with Gasteiger partial charge in [0.2, 0.25) is 0 Å². The molecule has 3 aromatic heterocycles. The number of hydrogen-bond donors (Lipinski definition) is 1. The number of aryl methyl sites for hydroxylation is 1. The van der Waals surface area contributed by atoms with Crippen molar-refractivity contribution in [3.63, 3.8) is 0 Å². The topological polar surface area (TPSA) is 103 Å². The number of carbonyl (C=O) groups excluding carboxylic acids is 1. The van der Waals surface area contributed by atoms with Crippen molar-refractivity contribution >= 4 is 33.5 Å². The molecule has 0 saturated heterocycles. The first-order chi connectivity index (χ1) is 14.6. The number of nitrogens with two attached hydrogens (primary N) is 1. The summed E-state index contributed by atoms with van der Waals surface area (Å²) in [6.07, 6.45) is -3.09. The third-order valence-electron chi connectivity index (χ3n) is 4.78. The molecule has 2 N–H and O–H groups in total. The summed E-state index contributed by atoms with van der Waals surface area (Å²) < 4.78 is 54.1. The van der Waals surface area contributed by atoms with Crippen LogP contribution in [-0.4, -0.2) is 42.8 Å². The lowest BCUT2D eigenvalue weighted by atomic mass is 10.1. The van der Waals surface area contributed by atoms with Crippen molar-refractivity contribution in [1.29, 1.82) is 0 Å². The molecule has 0 aliphatic carbocycles. The van der Waals surface area contributed by atoms with Gasteiger partial charge in [0.05, 0.1) is 40.4 Å². The average Bonchev–Trinajstić information content (AvgIpc) is 3.09. The fourth-order valence-corrected chi connectivity index (χ4v) is 3.26. The van der Waals surface area contributed by atoms with Gasteiger partial charge in [-0.15, -0.1) is 5.10 Å². The summed E-state index contributed by atoms with van der Waals surface area (Å²) in [4.78, 5) is 18.2. The molecular formula is C19H15F4N7O. The maximum Gasteiger partial charge on any atom is 0.435 e. The third kappa shape index (κ3) is 3.60. The lowest BCUT2D eigenvalue weighted by molar-refractivity contribution is -0.141. The number of anilines is 1. The molecular weight excluding hydrogens is 418 g/mol. The van der Waals surface area contributed by atoms with Crippen LogP contribution in [0.15, 0.2) is 30.5 Å². The second kappa shape index (κ2) is 7.15. The summed E-state index contributed by atoms with van der Waals surface area (Å²) >= 11 is 0. The zero-order chi connectivity index (χ0) is 22.5. The van der Waals surface area contributed by atoms with E-state index in [0.717, 1.165) is 23.1 Å². The Kier molecular flexibility index (Phi) is 4.71. The smallest absolute Gasteiger partial charge is 0.383 e. The maximum atomic E-state index is 14.7. The van der Waals surface area contributed by atoms with E-state index in [9.17, 15) is 22.4 Å². The van der Waals surface area contributed by atoms with Gasteiger partial charge in [-0.1, -0.05) is 0 Å². The molecule has 0 radical (unpaired) electrons. The van der Waals surface area contributed by atoms with Gasteiger partial charge in [-0.25, -0.2) is 9.37 Å². The first-order valence-electron chi connectivity index (χ1n) is 8.92. The molecule has 0 bridgehead atoms. The Morgan fingerprint density at radius 3 is 2.58 bits per heavy atom. The minimum atomic E-state index is -4.62. The van der Waals surface area contributed by atoms with Crippen LogP contribution in [0.25, 0.3) is 21.8 Å². The SMILES string of the molecule is CN(Cc1ccc(C(F)(F)F)nn1)C(=O)c1cc2c(cc1F)nc(N)c1cnn(C)c12. The van der Waals surface area contributed by atoms with E-state index >= 15 is 0 Å². The Labute approximate surface area is 172 Å². The van der Waals surface area contributed by atoms with Crippen LogP contribution in [0.5, 0.6) is 0 Å². The Balaban J connectivity index is 1.68. The van der Waals surface area contributed by atoms with Crippen molar-refractivity contribution < 1.29 is 22.4 Å². The Hall–Kier alpha value is -3.83. The number of rotatable bonds is 3. The second-order valence-corrected chi connectivity index (χ2v) is 6.95. The number of pyridine rings is 1. The van der Waals surface area contributed by atoms with Crippen molar-refractivity contribution in [3.8, 4) is 0 Å². The number of halogens is 4. The van der Waals surface area contributed by atoms with Gasteiger partial charge in [0.25, 0.3) is 5.91 Å². The minimum Gasteiger partial charge on any atom is -0.383 e. The molecule has 0 spiro atoms. The molecule has 0 atom stereocenters. The predicted molar refractivity (Wildman–Crippen MR) is 103 cm³/mol. The maximum absolute atomic E-state index is 14.7. The number of hydrogen-bond acceptors (Lipinski definition) is 6. The van der Waals surface area contributed by atoms with Crippen LogP contribution in [0.4, 0.5) is 23.4 Å². The summed E-state index contributed by atoms with van der Waals surface area (Å²) in [5.41, 5.74) is 5.51. The van der Waals surface area contributed by atoms with Crippen molar-refractivity contribution in [1.82, 2.24) is 29.9 Å². The Morgan fingerprint density at radius 1 is 1.19 bits per heavy atom.